The van der Waals surface area contributed by atoms with Crippen LogP contribution in [0, 0.1) is 0 Å². The van der Waals surface area contributed by atoms with Crippen LogP contribution in [0.15, 0.2) is 59.1 Å². The summed E-state index contributed by atoms with van der Waals surface area (Å²) < 4.78 is 0.862. The van der Waals surface area contributed by atoms with Crippen molar-refractivity contribution in [3.05, 3.63) is 64.6 Å². The summed E-state index contributed by atoms with van der Waals surface area (Å²) >= 11 is 3.35. The van der Waals surface area contributed by atoms with Crippen molar-refractivity contribution in [2.45, 2.75) is 45.2 Å². The number of rotatable bonds is 4. The zero-order valence-corrected chi connectivity index (χ0v) is 17.8. The van der Waals surface area contributed by atoms with Gasteiger partial charge in [-0.1, -0.05) is 46.3 Å². The van der Waals surface area contributed by atoms with Gasteiger partial charge < -0.3 is 4.90 Å². The van der Waals surface area contributed by atoms with Crippen LogP contribution in [0.2, 0.25) is 0 Å². The van der Waals surface area contributed by atoms with Crippen LogP contribution >= 0.6 is 15.9 Å². The highest BCUT2D eigenvalue weighted by Crippen LogP contribution is 2.30. The summed E-state index contributed by atoms with van der Waals surface area (Å²) in [5, 5.41) is 0. The Morgan fingerprint density at radius 3 is 2.25 bits per heavy atom. The molecule has 0 aromatic heterocycles. The molecule has 0 radical (unpaired) electrons. The molecule has 146 valence electrons. The van der Waals surface area contributed by atoms with Gasteiger partial charge >= 0.3 is 0 Å². The number of amides is 3. The van der Waals surface area contributed by atoms with Crippen LogP contribution in [-0.4, -0.2) is 34.2 Å². The first kappa shape index (κ1) is 20.3. The minimum atomic E-state index is -0.799. The summed E-state index contributed by atoms with van der Waals surface area (Å²) in [5.41, 5.74) is 0.802. The molecule has 0 bridgehead atoms. The average molecular weight is 443 g/mol. The predicted octanol–water partition coefficient (Wildman–Crippen LogP) is 3.95. The van der Waals surface area contributed by atoms with Gasteiger partial charge in [0.05, 0.1) is 18.5 Å². The molecule has 0 saturated carbocycles. The van der Waals surface area contributed by atoms with Crippen LogP contribution in [0.5, 0.6) is 0 Å². The minimum Gasteiger partial charge on any atom is -0.325 e. The van der Waals surface area contributed by atoms with E-state index in [1.54, 1.807) is 29.2 Å². The third-order valence-electron chi connectivity index (χ3n) is 4.71. The van der Waals surface area contributed by atoms with Crippen molar-refractivity contribution in [1.82, 2.24) is 4.90 Å². The van der Waals surface area contributed by atoms with Gasteiger partial charge in [0.15, 0.2) is 0 Å². The second-order valence-electron chi connectivity index (χ2n) is 7.86. The number of anilines is 1. The summed E-state index contributed by atoms with van der Waals surface area (Å²) in [7, 11) is 0. The molecule has 1 heterocycles. The Labute approximate surface area is 173 Å². The first-order valence-corrected chi connectivity index (χ1v) is 9.96. The highest BCUT2D eigenvalue weighted by Gasteiger charge is 2.47. The fraction of sp³-hybridized carbons (Fsp3) is 0.318. The van der Waals surface area contributed by atoms with Gasteiger partial charge in [0.2, 0.25) is 11.8 Å². The normalized spacial score (nSPS) is 17.1. The van der Waals surface area contributed by atoms with E-state index in [9.17, 15) is 14.4 Å². The number of carbonyl (C=O) groups excluding carboxylic acids is 3. The fourth-order valence-electron chi connectivity index (χ4n) is 3.55. The molecule has 5 nitrogen and oxygen atoms in total. The van der Waals surface area contributed by atoms with Crippen molar-refractivity contribution in [3.63, 3.8) is 0 Å². The van der Waals surface area contributed by atoms with E-state index >= 15 is 0 Å². The third kappa shape index (κ3) is 4.17. The molecule has 1 aliphatic rings. The molecule has 0 N–H and O–H groups in total. The van der Waals surface area contributed by atoms with Gasteiger partial charge in [-0.25, -0.2) is 4.90 Å². The number of carbonyl (C=O) groups is 3. The second-order valence-corrected chi connectivity index (χ2v) is 8.78. The van der Waals surface area contributed by atoms with Gasteiger partial charge in [-0.2, -0.15) is 0 Å². The van der Waals surface area contributed by atoms with Crippen molar-refractivity contribution in [2.75, 3.05) is 4.90 Å². The summed E-state index contributed by atoms with van der Waals surface area (Å²) in [6.07, 6.45) is 0.182. The van der Waals surface area contributed by atoms with Gasteiger partial charge in [-0.15, -0.1) is 0 Å². The van der Waals surface area contributed by atoms with Crippen molar-refractivity contribution >= 4 is 39.3 Å². The minimum absolute atomic E-state index is 0.00725. The van der Waals surface area contributed by atoms with E-state index in [1.165, 1.54) is 4.90 Å². The van der Waals surface area contributed by atoms with Gasteiger partial charge in [0.1, 0.15) is 6.04 Å². The Morgan fingerprint density at radius 2 is 1.68 bits per heavy atom. The lowest BCUT2D eigenvalue weighted by Gasteiger charge is -2.39. The molecular weight excluding hydrogens is 420 g/mol. The van der Waals surface area contributed by atoms with Crippen LogP contribution in [-0.2, 0) is 20.8 Å². The molecule has 3 amide bonds. The van der Waals surface area contributed by atoms with E-state index in [0.29, 0.717) is 5.69 Å². The molecule has 1 atom stereocenters. The van der Waals surface area contributed by atoms with E-state index in [-0.39, 0.29) is 30.6 Å². The topological polar surface area (TPSA) is 57.7 Å². The van der Waals surface area contributed by atoms with E-state index in [0.717, 1.165) is 10.0 Å². The lowest BCUT2D eigenvalue weighted by Crippen LogP contribution is -2.55. The number of hydrogen-bond acceptors (Lipinski definition) is 3. The standard InChI is InChI=1S/C22H23BrN2O3/c1-22(2,3)25(20(27)13-15-7-5-4-6-8-15)18-14-19(26)24(21(18)28)17-11-9-16(23)10-12-17/h4-12,18H,13-14H2,1-3H3. The Bertz CT molecular complexity index is 888. The highest BCUT2D eigenvalue weighted by molar-refractivity contribution is 9.10. The molecule has 0 spiro atoms. The van der Waals surface area contributed by atoms with E-state index in [4.69, 9.17) is 0 Å². The molecule has 1 saturated heterocycles. The van der Waals surface area contributed by atoms with Crippen molar-refractivity contribution in [1.29, 1.82) is 0 Å². The van der Waals surface area contributed by atoms with Crippen molar-refractivity contribution < 1.29 is 14.4 Å². The Kier molecular flexibility index (Phi) is 5.70. The lowest BCUT2D eigenvalue weighted by molar-refractivity contribution is -0.143. The first-order valence-electron chi connectivity index (χ1n) is 9.17. The van der Waals surface area contributed by atoms with Crippen LogP contribution in [0.3, 0.4) is 0 Å². The summed E-state index contributed by atoms with van der Waals surface area (Å²) in [4.78, 5) is 41.7. The van der Waals surface area contributed by atoms with E-state index in [2.05, 4.69) is 15.9 Å². The smallest absolute Gasteiger partial charge is 0.257 e. The predicted molar refractivity (Wildman–Crippen MR) is 112 cm³/mol. The largest absolute Gasteiger partial charge is 0.325 e. The Hall–Kier alpha value is -2.47. The molecule has 2 aromatic rings. The molecule has 6 heteroatoms. The van der Waals surface area contributed by atoms with E-state index < -0.39 is 11.6 Å². The average Bonchev–Trinajstić information content (AvgIpc) is 2.90. The van der Waals surface area contributed by atoms with Gasteiger partial charge in [0, 0.05) is 10.0 Å². The van der Waals surface area contributed by atoms with Crippen LogP contribution in [0.1, 0.15) is 32.8 Å². The summed E-state index contributed by atoms with van der Waals surface area (Å²) in [6, 6.07) is 15.6. The Morgan fingerprint density at radius 1 is 1.07 bits per heavy atom. The van der Waals surface area contributed by atoms with Crippen molar-refractivity contribution in [3.8, 4) is 0 Å². The second kappa shape index (κ2) is 7.87. The van der Waals surface area contributed by atoms with E-state index in [1.807, 2.05) is 51.1 Å². The third-order valence-corrected chi connectivity index (χ3v) is 5.24. The Balaban J connectivity index is 1.89. The number of nitrogens with zero attached hydrogens (tertiary/aromatic N) is 2. The number of benzene rings is 2. The first-order chi connectivity index (χ1) is 13.2. The monoisotopic (exact) mass is 442 g/mol. The van der Waals surface area contributed by atoms with Gasteiger partial charge in [-0.05, 0) is 50.6 Å². The molecule has 28 heavy (non-hydrogen) atoms. The maximum absolute atomic E-state index is 13.1. The molecule has 0 aliphatic carbocycles. The zero-order chi connectivity index (χ0) is 20.5. The maximum atomic E-state index is 13.1. The molecule has 1 aliphatic heterocycles. The molecule has 1 unspecified atom stereocenters. The highest BCUT2D eigenvalue weighted by atomic mass is 79.9. The number of halogens is 1. The summed E-state index contributed by atoms with van der Waals surface area (Å²) in [5.74, 6) is -0.815. The summed E-state index contributed by atoms with van der Waals surface area (Å²) in [6.45, 7) is 5.65. The maximum Gasteiger partial charge on any atom is 0.257 e. The van der Waals surface area contributed by atoms with Gasteiger partial charge in [-0.3, -0.25) is 14.4 Å². The van der Waals surface area contributed by atoms with Crippen LogP contribution in [0.4, 0.5) is 5.69 Å². The number of hydrogen-bond donors (Lipinski definition) is 0. The number of imide groups is 1. The fourth-order valence-corrected chi connectivity index (χ4v) is 3.81. The van der Waals surface area contributed by atoms with Gasteiger partial charge in [0.25, 0.3) is 5.91 Å². The SMILES string of the molecule is CC(C)(C)N(C(=O)Cc1ccccc1)C1CC(=O)N(c2ccc(Br)cc2)C1=O. The molecule has 2 aromatic carbocycles. The molecule has 1 fully saturated rings. The molecular formula is C22H23BrN2O3. The van der Waals surface area contributed by atoms with Crippen LogP contribution in [0.25, 0.3) is 0 Å². The quantitative estimate of drug-likeness (QED) is 0.673. The van der Waals surface area contributed by atoms with Crippen LogP contribution < -0.4 is 4.90 Å². The van der Waals surface area contributed by atoms with Crippen molar-refractivity contribution in [2.24, 2.45) is 0 Å². The molecule has 3 rings (SSSR count). The lowest BCUT2D eigenvalue weighted by atomic mass is 9.99. The zero-order valence-electron chi connectivity index (χ0n) is 16.2.